The third-order valence-corrected chi connectivity index (χ3v) is 3.65. The highest BCUT2D eigenvalue weighted by Crippen LogP contribution is 2.24. The molecular weight excluding hydrogens is 270 g/mol. The summed E-state index contributed by atoms with van der Waals surface area (Å²) in [6.07, 6.45) is 0. The third kappa shape index (κ3) is 2.94. The summed E-state index contributed by atoms with van der Waals surface area (Å²) in [6.45, 7) is 0.636. The summed E-state index contributed by atoms with van der Waals surface area (Å²) in [5.41, 5.74) is 12.7. The summed E-state index contributed by atoms with van der Waals surface area (Å²) < 4.78 is 0.754. The van der Waals surface area contributed by atoms with Crippen LogP contribution in [0.15, 0.2) is 30.3 Å². The van der Waals surface area contributed by atoms with E-state index in [1.165, 1.54) is 11.3 Å². The van der Waals surface area contributed by atoms with Crippen molar-refractivity contribution in [1.29, 1.82) is 0 Å². The van der Waals surface area contributed by atoms with Gasteiger partial charge in [-0.1, -0.05) is 11.6 Å². The maximum Gasteiger partial charge on any atom is 0.248 e. The number of nitrogen functional groups attached to an aromatic ring is 1. The van der Waals surface area contributed by atoms with Crippen LogP contribution in [0.5, 0.6) is 0 Å². The number of carbonyl (C=O) groups is 1. The molecular formula is C12H12ClN3OS. The van der Waals surface area contributed by atoms with Gasteiger partial charge < -0.3 is 16.8 Å². The minimum Gasteiger partial charge on any atom is -0.397 e. The lowest BCUT2D eigenvalue weighted by Gasteiger charge is -2.09. The molecule has 2 aromatic rings. The van der Waals surface area contributed by atoms with E-state index < -0.39 is 5.91 Å². The number of amides is 1. The molecule has 0 spiro atoms. The summed E-state index contributed by atoms with van der Waals surface area (Å²) in [4.78, 5) is 12.1. The summed E-state index contributed by atoms with van der Waals surface area (Å²) in [7, 11) is 0. The van der Waals surface area contributed by atoms with Gasteiger partial charge in [-0.05, 0) is 30.3 Å². The van der Waals surface area contributed by atoms with E-state index in [0.717, 1.165) is 14.9 Å². The van der Waals surface area contributed by atoms with E-state index in [9.17, 15) is 4.79 Å². The van der Waals surface area contributed by atoms with Gasteiger partial charge in [0.15, 0.2) is 0 Å². The molecule has 0 atom stereocenters. The number of benzene rings is 1. The highest BCUT2D eigenvalue weighted by Gasteiger charge is 2.05. The number of thiophene rings is 1. The van der Waals surface area contributed by atoms with Gasteiger partial charge in [-0.25, -0.2) is 0 Å². The molecule has 0 bridgehead atoms. The standard InChI is InChI=1S/C12H12ClN3OS/c13-11-4-2-8(18-11)6-16-10-3-1-7(12(15)17)5-9(10)14/h1-5,16H,6,14H2,(H2,15,17). The lowest BCUT2D eigenvalue weighted by molar-refractivity contribution is 0.100. The summed E-state index contributed by atoms with van der Waals surface area (Å²) in [6, 6.07) is 8.75. The van der Waals surface area contributed by atoms with Crippen molar-refractivity contribution in [2.24, 2.45) is 5.73 Å². The fourth-order valence-electron chi connectivity index (χ4n) is 1.51. The predicted octanol–water partition coefficient (Wildman–Crippen LogP) is 2.69. The van der Waals surface area contributed by atoms with Gasteiger partial charge >= 0.3 is 0 Å². The van der Waals surface area contributed by atoms with E-state index in [1.807, 2.05) is 12.1 Å². The third-order valence-electron chi connectivity index (χ3n) is 2.42. The van der Waals surface area contributed by atoms with Crippen molar-refractivity contribution in [2.75, 3.05) is 11.1 Å². The van der Waals surface area contributed by atoms with Crippen LogP contribution < -0.4 is 16.8 Å². The molecule has 6 heteroatoms. The maximum absolute atomic E-state index is 11.0. The molecule has 1 aromatic heterocycles. The zero-order valence-electron chi connectivity index (χ0n) is 9.44. The van der Waals surface area contributed by atoms with Crippen LogP contribution in [0.25, 0.3) is 0 Å². The van der Waals surface area contributed by atoms with Gasteiger partial charge in [0.2, 0.25) is 5.91 Å². The Bertz CT molecular complexity index is 582. The predicted molar refractivity (Wildman–Crippen MR) is 76.0 cm³/mol. The van der Waals surface area contributed by atoms with Crippen LogP contribution in [0.3, 0.4) is 0 Å². The molecule has 4 nitrogen and oxygen atoms in total. The molecule has 0 saturated heterocycles. The fourth-order valence-corrected chi connectivity index (χ4v) is 2.53. The van der Waals surface area contributed by atoms with Crippen molar-refractivity contribution in [3.8, 4) is 0 Å². The van der Waals surface area contributed by atoms with E-state index in [0.29, 0.717) is 17.8 Å². The number of carbonyl (C=O) groups excluding carboxylic acids is 1. The van der Waals surface area contributed by atoms with Crippen LogP contribution in [0.1, 0.15) is 15.2 Å². The van der Waals surface area contributed by atoms with Gasteiger partial charge in [-0.15, -0.1) is 11.3 Å². The van der Waals surface area contributed by atoms with Crippen LogP contribution in [-0.4, -0.2) is 5.91 Å². The topological polar surface area (TPSA) is 81.1 Å². The molecule has 0 aliphatic carbocycles. The zero-order valence-corrected chi connectivity index (χ0v) is 11.0. The van der Waals surface area contributed by atoms with Crippen molar-refractivity contribution in [2.45, 2.75) is 6.54 Å². The first kappa shape index (κ1) is 12.7. The lowest BCUT2D eigenvalue weighted by atomic mass is 10.1. The smallest absolute Gasteiger partial charge is 0.248 e. The molecule has 0 unspecified atom stereocenters. The monoisotopic (exact) mass is 281 g/mol. The number of primary amides is 1. The van der Waals surface area contributed by atoms with Crippen molar-refractivity contribution in [3.05, 3.63) is 45.1 Å². The van der Waals surface area contributed by atoms with Gasteiger partial charge in [-0.3, -0.25) is 4.79 Å². The Morgan fingerprint density at radius 3 is 2.67 bits per heavy atom. The number of nitrogens with two attached hydrogens (primary N) is 2. The molecule has 0 aliphatic rings. The van der Waals surface area contributed by atoms with E-state index >= 15 is 0 Å². The Balaban J connectivity index is 2.08. The van der Waals surface area contributed by atoms with Crippen molar-refractivity contribution < 1.29 is 4.79 Å². The number of nitrogens with one attached hydrogen (secondary N) is 1. The summed E-state index contributed by atoms with van der Waals surface area (Å²) in [5, 5.41) is 3.18. The molecule has 0 aliphatic heterocycles. The number of anilines is 2. The van der Waals surface area contributed by atoms with Crippen LogP contribution in [-0.2, 0) is 6.54 Å². The first-order chi connectivity index (χ1) is 8.56. The Hall–Kier alpha value is -1.72. The van der Waals surface area contributed by atoms with Gasteiger partial charge in [0.25, 0.3) is 0 Å². The molecule has 1 heterocycles. The molecule has 18 heavy (non-hydrogen) atoms. The highest BCUT2D eigenvalue weighted by molar-refractivity contribution is 7.16. The van der Waals surface area contributed by atoms with Gasteiger partial charge in [0.05, 0.1) is 15.7 Å². The van der Waals surface area contributed by atoms with Crippen LogP contribution in [0.2, 0.25) is 4.34 Å². The maximum atomic E-state index is 11.0. The lowest BCUT2D eigenvalue weighted by Crippen LogP contribution is -2.11. The Labute approximate surface area is 114 Å². The van der Waals surface area contributed by atoms with Crippen molar-refractivity contribution >= 4 is 40.2 Å². The fraction of sp³-hybridized carbons (Fsp3) is 0.0833. The Morgan fingerprint density at radius 2 is 2.11 bits per heavy atom. The van der Waals surface area contributed by atoms with Gasteiger partial charge in [-0.2, -0.15) is 0 Å². The second kappa shape index (κ2) is 5.29. The second-order valence-electron chi connectivity index (χ2n) is 3.73. The highest BCUT2D eigenvalue weighted by atomic mass is 35.5. The largest absolute Gasteiger partial charge is 0.397 e. The van der Waals surface area contributed by atoms with Crippen molar-refractivity contribution in [3.63, 3.8) is 0 Å². The summed E-state index contributed by atoms with van der Waals surface area (Å²) >= 11 is 7.35. The Morgan fingerprint density at radius 1 is 1.33 bits per heavy atom. The van der Waals surface area contributed by atoms with Crippen LogP contribution >= 0.6 is 22.9 Å². The second-order valence-corrected chi connectivity index (χ2v) is 5.53. The Kier molecular flexibility index (Phi) is 3.74. The normalized spacial score (nSPS) is 10.3. The number of hydrogen-bond donors (Lipinski definition) is 3. The minimum atomic E-state index is -0.488. The average molecular weight is 282 g/mol. The van der Waals surface area contributed by atoms with E-state index in [2.05, 4.69) is 5.32 Å². The van der Waals surface area contributed by atoms with Gasteiger partial charge in [0, 0.05) is 17.0 Å². The van der Waals surface area contributed by atoms with Gasteiger partial charge in [0.1, 0.15) is 0 Å². The minimum absolute atomic E-state index is 0.400. The SMILES string of the molecule is NC(=O)c1ccc(NCc2ccc(Cl)s2)c(N)c1. The molecule has 0 fully saturated rings. The molecule has 5 N–H and O–H groups in total. The van der Waals surface area contributed by atoms with E-state index in [4.69, 9.17) is 23.1 Å². The number of halogens is 1. The average Bonchev–Trinajstić information content (AvgIpc) is 2.73. The first-order valence-corrected chi connectivity index (χ1v) is 6.43. The molecule has 0 radical (unpaired) electrons. The number of hydrogen-bond acceptors (Lipinski definition) is 4. The van der Waals surface area contributed by atoms with E-state index in [1.54, 1.807) is 18.2 Å². The molecule has 94 valence electrons. The zero-order chi connectivity index (χ0) is 13.1. The van der Waals surface area contributed by atoms with E-state index in [-0.39, 0.29) is 0 Å². The molecule has 1 aromatic carbocycles. The first-order valence-electron chi connectivity index (χ1n) is 5.23. The van der Waals surface area contributed by atoms with Crippen molar-refractivity contribution in [1.82, 2.24) is 0 Å². The summed E-state index contributed by atoms with van der Waals surface area (Å²) in [5.74, 6) is -0.488. The molecule has 1 amide bonds. The molecule has 0 saturated carbocycles. The van der Waals surface area contributed by atoms with Crippen LogP contribution in [0, 0.1) is 0 Å². The quantitative estimate of drug-likeness (QED) is 0.754. The number of rotatable bonds is 4. The molecule has 2 rings (SSSR count). The van der Waals surface area contributed by atoms with Crippen LogP contribution in [0.4, 0.5) is 11.4 Å².